The monoisotopic (exact) mass is 404 g/mol. The van der Waals surface area contributed by atoms with Gasteiger partial charge in [0.1, 0.15) is 17.1 Å². The Morgan fingerprint density at radius 1 is 1.29 bits per heavy atom. The highest BCUT2D eigenvalue weighted by Crippen LogP contribution is 2.47. The summed E-state index contributed by atoms with van der Waals surface area (Å²) < 4.78 is 40.5. The minimum absolute atomic E-state index is 0.0565. The van der Waals surface area contributed by atoms with Crippen molar-refractivity contribution in [3.05, 3.63) is 67.7 Å². The second-order valence-electron chi connectivity index (χ2n) is 6.84. The number of sulfonamides is 1. The first kappa shape index (κ1) is 19.8. The second kappa shape index (κ2) is 6.59. The fraction of sp³-hybridized carbons (Fsp3) is 0.263. The molecule has 3 N–H and O–H groups in total. The maximum absolute atomic E-state index is 14.7. The topological polar surface area (TPSA) is 105 Å². The van der Waals surface area contributed by atoms with E-state index in [0.717, 1.165) is 16.6 Å². The van der Waals surface area contributed by atoms with Crippen molar-refractivity contribution in [3.63, 3.8) is 0 Å². The zero-order chi connectivity index (χ0) is 20.7. The van der Waals surface area contributed by atoms with Crippen LogP contribution in [0.2, 0.25) is 0 Å². The number of amides is 1. The second-order valence-corrected chi connectivity index (χ2v) is 8.69. The Morgan fingerprint density at radius 3 is 2.46 bits per heavy atom. The molecule has 0 unspecified atom stereocenters. The maximum Gasteiger partial charge on any atom is 0.244 e. The van der Waals surface area contributed by atoms with E-state index in [4.69, 9.17) is 5.73 Å². The molecular formula is C19H21FN4O3S. The number of hydrogen-bond acceptors (Lipinski definition) is 5. The average Bonchev–Trinajstić information content (AvgIpc) is 3.43. The molecule has 148 valence electrons. The standard InChI is InChI=1S/C19H21FN4O3S/c1-4-18(9-10-18)16(25)22-13-7-8-15(20)14(11-13)19(5-2)12-28(26,27)24(6-3)17(21)23-19/h4-8,11H,1-3,9-10,12H2,(H2,21,23)(H,22,25)/t19-/m0/s1. The van der Waals surface area contributed by atoms with Crippen LogP contribution < -0.4 is 11.1 Å². The molecule has 1 atom stereocenters. The van der Waals surface area contributed by atoms with Gasteiger partial charge in [-0.2, -0.15) is 0 Å². The Kier molecular flexibility index (Phi) is 4.66. The number of hydrogen-bond donors (Lipinski definition) is 2. The summed E-state index contributed by atoms with van der Waals surface area (Å²) in [6, 6.07) is 3.89. The van der Waals surface area contributed by atoms with E-state index in [9.17, 15) is 17.6 Å². The van der Waals surface area contributed by atoms with Crippen molar-refractivity contribution in [1.29, 1.82) is 0 Å². The van der Waals surface area contributed by atoms with Crippen LogP contribution in [0.25, 0.3) is 0 Å². The van der Waals surface area contributed by atoms with Crippen molar-refractivity contribution >= 4 is 27.6 Å². The third kappa shape index (κ3) is 3.11. The van der Waals surface area contributed by atoms with Gasteiger partial charge in [0, 0.05) is 17.5 Å². The van der Waals surface area contributed by atoms with Crippen LogP contribution >= 0.6 is 0 Å². The van der Waals surface area contributed by atoms with Gasteiger partial charge in [-0.3, -0.25) is 4.79 Å². The number of benzene rings is 1. The molecule has 0 radical (unpaired) electrons. The predicted octanol–water partition coefficient (Wildman–Crippen LogP) is 2.22. The molecule has 1 aromatic rings. The van der Waals surface area contributed by atoms with Gasteiger partial charge in [0.2, 0.25) is 21.9 Å². The van der Waals surface area contributed by atoms with Crippen LogP contribution in [-0.2, 0) is 20.4 Å². The Morgan fingerprint density at radius 2 is 1.96 bits per heavy atom. The summed E-state index contributed by atoms with van der Waals surface area (Å²) in [6.07, 6.45) is 5.25. The lowest BCUT2D eigenvalue weighted by molar-refractivity contribution is -0.119. The van der Waals surface area contributed by atoms with Crippen LogP contribution in [0.3, 0.4) is 0 Å². The molecule has 2 aliphatic rings. The van der Waals surface area contributed by atoms with Gasteiger partial charge in [0.05, 0.1) is 5.41 Å². The van der Waals surface area contributed by atoms with E-state index in [1.165, 1.54) is 18.2 Å². The smallest absolute Gasteiger partial charge is 0.244 e. The van der Waals surface area contributed by atoms with E-state index in [0.29, 0.717) is 18.5 Å². The van der Waals surface area contributed by atoms with Gasteiger partial charge in [-0.1, -0.05) is 18.7 Å². The van der Waals surface area contributed by atoms with Crippen LogP contribution in [0.15, 0.2) is 61.3 Å². The SMILES string of the molecule is C=CN1C(N)=N[C@](C=C)(c2cc(NC(=O)C3(C=C)CC3)ccc2F)CS1(=O)=O. The van der Waals surface area contributed by atoms with Crippen molar-refractivity contribution in [1.82, 2.24) is 4.31 Å². The normalized spacial score (nSPS) is 24.6. The van der Waals surface area contributed by atoms with Crippen LogP contribution in [0, 0.1) is 11.2 Å². The van der Waals surface area contributed by atoms with Gasteiger partial charge in [-0.05, 0) is 31.0 Å². The quantitative estimate of drug-likeness (QED) is 0.709. The predicted molar refractivity (Wildman–Crippen MR) is 106 cm³/mol. The number of nitrogens with two attached hydrogens (primary N) is 1. The largest absolute Gasteiger partial charge is 0.369 e. The lowest BCUT2D eigenvalue weighted by Gasteiger charge is -2.35. The fourth-order valence-electron chi connectivity index (χ4n) is 3.18. The number of nitrogens with zero attached hydrogens (tertiary/aromatic N) is 2. The maximum atomic E-state index is 14.7. The molecule has 0 saturated heterocycles. The van der Waals surface area contributed by atoms with Crippen molar-refractivity contribution in [2.45, 2.75) is 18.4 Å². The van der Waals surface area contributed by atoms with Crippen LogP contribution in [0.1, 0.15) is 18.4 Å². The van der Waals surface area contributed by atoms with Gasteiger partial charge < -0.3 is 11.1 Å². The zero-order valence-electron chi connectivity index (χ0n) is 15.2. The van der Waals surface area contributed by atoms with Crippen LogP contribution in [0.4, 0.5) is 10.1 Å². The van der Waals surface area contributed by atoms with Crippen molar-refractivity contribution in [2.75, 3.05) is 11.1 Å². The molecule has 1 heterocycles. The molecule has 1 fully saturated rings. The van der Waals surface area contributed by atoms with E-state index in [2.05, 4.69) is 30.0 Å². The minimum Gasteiger partial charge on any atom is -0.369 e. The molecule has 1 aromatic carbocycles. The molecule has 7 nitrogen and oxygen atoms in total. The lowest BCUT2D eigenvalue weighted by Crippen LogP contribution is -2.50. The van der Waals surface area contributed by atoms with E-state index < -0.39 is 32.5 Å². The van der Waals surface area contributed by atoms with E-state index in [1.54, 1.807) is 6.08 Å². The highest BCUT2D eigenvalue weighted by atomic mass is 32.2. The van der Waals surface area contributed by atoms with Crippen LogP contribution in [-0.4, -0.2) is 30.3 Å². The Hall–Kier alpha value is -2.94. The molecule has 1 aliphatic carbocycles. The first-order valence-corrected chi connectivity index (χ1v) is 10.1. The van der Waals surface area contributed by atoms with E-state index in [-0.39, 0.29) is 17.4 Å². The Bertz CT molecular complexity index is 1010. The summed E-state index contributed by atoms with van der Waals surface area (Å²) in [5.41, 5.74) is 3.80. The molecule has 28 heavy (non-hydrogen) atoms. The Balaban J connectivity index is 2.05. The number of rotatable bonds is 6. The van der Waals surface area contributed by atoms with Crippen molar-refractivity contribution in [2.24, 2.45) is 16.1 Å². The molecule has 1 saturated carbocycles. The van der Waals surface area contributed by atoms with Gasteiger partial charge in [-0.25, -0.2) is 22.1 Å². The molecule has 0 bridgehead atoms. The molecule has 1 aliphatic heterocycles. The van der Waals surface area contributed by atoms with Gasteiger partial charge in [0.25, 0.3) is 0 Å². The summed E-state index contributed by atoms with van der Waals surface area (Å²) in [5, 5.41) is 2.73. The first-order valence-electron chi connectivity index (χ1n) is 8.52. The molecule has 3 rings (SSSR count). The summed E-state index contributed by atoms with van der Waals surface area (Å²) in [6.45, 7) is 10.7. The number of guanidine groups is 1. The van der Waals surface area contributed by atoms with Gasteiger partial charge in [0.15, 0.2) is 0 Å². The summed E-state index contributed by atoms with van der Waals surface area (Å²) >= 11 is 0. The number of carbonyl (C=O) groups is 1. The van der Waals surface area contributed by atoms with Crippen molar-refractivity contribution < 1.29 is 17.6 Å². The first-order chi connectivity index (χ1) is 13.1. The lowest BCUT2D eigenvalue weighted by atomic mass is 9.91. The molecule has 0 aromatic heterocycles. The van der Waals surface area contributed by atoms with Crippen LogP contribution in [0.5, 0.6) is 0 Å². The number of nitrogens with one attached hydrogen (secondary N) is 1. The number of carbonyl (C=O) groups excluding carboxylic acids is 1. The van der Waals surface area contributed by atoms with E-state index in [1.807, 2.05) is 0 Å². The summed E-state index contributed by atoms with van der Waals surface area (Å²) in [7, 11) is -3.94. The third-order valence-corrected chi connectivity index (χ3v) is 6.81. The van der Waals surface area contributed by atoms with Gasteiger partial charge in [-0.15, -0.1) is 13.2 Å². The summed E-state index contributed by atoms with van der Waals surface area (Å²) in [4.78, 5) is 16.6. The number of halogens is 1. The molecular weight excluding hydrogens is 383 g/mol. The average molecular weight is 404 g/mol. The number of aliphatic imine (C=N–C) groups is 1. The highest BCUT2D eigenvalue weighted by molar-refractivity contribution is 7.89. The Labute approximate surface area is 163 Å². The zero-order valence-corrected chi connectivity index (χ0v) is 16.0. The number of anilines is 1. The third-order valence-electron chi connectivity index (χ3n) is 5.07. The highest BCUT2D eigenvalue weighted by Gasteiger charge is 2.47. The minimum atomic E-state index is -3.94. The summed E-state index contributed by atoms with van der Waals surface area (Å²) in [5.74, 6) is -1.87. The molecule has 9 heteroatoms. The fourth-order valence-corrected chi connectivity index (χ4v) is 4.77. The molecule has 1 amide bonds. The van der Waals surface area contributed by atoms with Crippen molar-refractivity contribution in [3.8, 4) is 0 Å². The molecule has 0 spiro atoms. The van der Waals surface area contributed by atoms with Gasteiger partial charge >= 0.3 is 0 Å². The van der Waals surface area contributed by atoms with E-state index >= 15 is 0 Å².